The zero-order chi connectivity index (χ0) is 22.7. The van der Waals surface area contributed by atoms with Crippen molar-refractivity contribution in [2.75, 3.05) is 5.32 Å². The minimum Gasteiger partial charge on any atom is -0.365 e. The number of nitrogens with one attached hydrogen (secondary N) is 2. The first-order valence-corrected chi connectivity index (χ1v) is 10.3. The normalized spacial score (nSPS) is 11.7. The standard InChI is InChI=1S/C24H26FN7/c1-16(19-14-29-31(3)15-19)9-22-18(13-28-24(22)26-2)10-21-11-23(30-32(21)4)27-12-17-5-7-20(25)8-6-17/h5-9,11,13-15,28H,2,10,12H2,1,3-4H3,(H,27,30)/b16-9+. The molecule has 0 saturated heterocycles. The molecule has 0 aliphatic heterocycles. The fourth-order valence-corrected chi connectivity index (χ4v) is 3.57. The second kappa shape index (κ2) is 9.05. The number of nitrogens with zero attached hydrogens (tertiary/aromatic N) is 5. The van der Waals surface area contributed by atoms with E-state index in [0.717, 1.165) is 45.2 Å². The Morgan fingerprint density at radius 3 is 2.75 bits per heavy atom. The van der Waals surface area contributed by atoms with Crippen LogP contribution in [0.25, 0.3) is 11.6 Å². The monoisotopic (exact) mass is 431 g/mol. The number of rotatable bonds is 8. The molecule has 4 rings (SSSR count). The molecule has 4 aromatic rings. The van der Waals surface area contributed by atoms with E-state index in [9.17, 15) is 4.39 Å². The lowest BCUT2D eigenvalue weighted by Crippen LogP contribution is -2.01. The van der Waals surface area contributed by atoms with Crippen molar-refractivity contribution < 1.29 is 4.39 Å². The van der Waals surface area contributed by atoms with E-state index in [2.05, 4.69) is 45.2 Å². The van der Waals surface area contributed by atoms with Crippen LogP contribution in [0.5, 0.6) is 0 Å². The van der Waals surface area contributed by atoms with Crippen LogP contribution >= 0.6 is 0 Å². The number of halogens is 1. The second-order valence-corrected chi connectivity index (χ2v) is 7.77. The minimum absolute atomic E-state index is 0.239. The topological polar surface area (TPSA) is 75.8 Å². The van der Waals surface area contributed by atoms with Gasteiger partial charge in [0, 0.05) is 62.3 Å². The van der Waals surface area contributed by atoms with E-state index in [4.69, 9.17) is 0 Å². The van der Waals surface area contributed by atoms with E-state index in [-0.39, 0.29) is 5.82 Å². The fourth-order valence-electron chi connectivity index (χ4n) is 3.57. The predicted molar refractivity (Wildman–Crippen MR) is 126 cm³/mol. The summed E-state index contributed by atoms with van der Waals surface area (Å²) < 4.78 is 16.7. The molecule has 0 unspecified atom stereocenters. The number of aromatic amines is 1. The maximum absolute atomic E-state index is 13.1. The average molecular weight is 432 g/mol. The summed E-state index contributed by atoms with van der Waals surface area (Å²) in [6.07, 6.45) is 8.58. The molecule has 3 aromatic heterocycles. The molecule has 3 heterocycles. The average Bonchev–Trinajstić information content (AvgIpc) is 3.47. The van der Waals surface area contributed by atoms with Crippen LogP contribution in [0.15, 0.2) is 53.9 Å². The number of anilines is 1. The zero-order valence-corrected chi connectivity index (χ0v) is 18.4. The molecule has 0 aliphatic rings. The number of benzene rings is 1. The van der Waals surface area contributed by atoms with Gasteiger partial charge in [0.2, 0.25) is 0 Å². The molecule has 0 aliphatic carbocycles. The summed E-state index contributed by atoms with van der Waals surface area (Å²) >= 11 is 0. The molecule has 8 heteroatoms. The van der Waals surface area contributed by atoms with Gasteiger partial charge >= 0.3 is 0 Å². The van der Waals surface area contributed by atoms with E-state index in [1.807, 2.05) is 43.4 Å². The Hall–Kier alpha value is -3.94. The van der Waals surface area contributed by atoms with Crippen molar-refractivity contribution in [2.45, 2.75) is 19.9 Å². The molecule has 0 bridgehead atoms. The van der Waals surface area contributed by atoms with Gasteiger partial charge in [0.25, 0.3) is 0 Å². The van der Waals surface area contributed by atoms with Crippen molar-refractivity contribution in [3.8, 4) is 0 Å². The van der Waals surface area contributed by atoms with Crippen LogP contribution in [0, 0.1) is 5.82 Å². The summed E-state index contributed by atoms with van der Waals surface area (Å²) in [5.74, 6) is 1.27. The Labute approximate surface area is 186 Å². The lowest BCUT2D eigenvalue weighted by atomic mass is 10.0. The van der Waals surface area contributed by atoms with E-state index in [1.165, 1.54) is 12.1 Å². The summed E-state index contributed by atoms with van der Waals surface area (Å²) in [6.45, 7) is 6.33. The first-order chi connectivity index (χ1) is 15.4. The van der Waals surface area contributed by atoms with Gasteiger partial charge in [0.05, 0.1) is 6.20 Å². The van der Waals surface area contributed by atoms with Gasteiger partial charge in [0.1, 0.15) is 17.5 Å². The van der Waals surface area contributed by atoms with Gasteiger partial charge in [-0.25, -0.2) is 9.38 Å². The van der Waals surface area contributed by atoms with Crippen LogP contribution in [0.3, 0.4) is 0 Å². The van der Waals surface area contributed by atoms with Crippen molar-refractivity contribution >= 4 is 30.0 Å². The zero-order valence-electron chi connectivity index (χ0n) is 18.4. The number of aliphatic imine (C=N–C) groups is 1. The molecule has 32 heavy (non-hydrogen) atoms. The Morgan fingerprint density at radius 2 is 2.06 bits per heavy atom. The Balaban J connectivity index is 1.53. The van der Waals surface area contributed by atoms with E-state index >= 15 is 0 Å². The van der Waals surface area contributed by atoms with Crippen molar-refractivity contribution in [2.24, 2.45) is 19.1 Å². The van der Waals surface area contributed by atoms with E-state index < -0.39 is 0 Å². The smallest absolute Gasteiger partial charge is 0.148 e. The molecule has 0 spiro atoms. The molecule has 0 saturated carbocycles. The van der Waals surface area contributed by atoms with Crippen molar-refractivity contribution in [3.05, 3.63) is 82.7 Å². The SMILES string of the molecule is C=Nc1[nH]cc(Cc2cc(NCc3ccc(F)cc3)nn2C)c1/C=C(\C)c1cnn(C)c1. The van der Waals surface area contributed by atoms with Crippen LogP contribution in [0.4, 0.5) is 16.0 Å². The summed E-state index contributed by atoms with van der Waals surface area (Å²) in [4.78, 5) is 7.36. The third-order valence-corrected chi connectivity index (χ3v) is 5.40. The molecule has 7 nitrogen and oxygen atoms in total. The predicted octanol–water partition coefficient (Wildman–Crippen LogP) is 4.72. The molecule has 0 radical (unpaired) electrons. The first-order valence-electron chi connectivity index (χ1n) is 10.3. The molecule has 0 fully saturated rings. The van der Waals surface area contributed by atoms with Gasteiger partial charge in [-0.15, -0.1) is 0 Å². The lowest BCUT2D eigenvalue weighted by molar-refractivity contribution is 0.627. The summed E-state index contributed by atoms with van der Waals surface area (Å²) in [7, 11) is 3.83. The van der Waals surface area contributed by atoms with Crippen LogP contribution in [0.2, 0.25) is 0 Å². The third-order valence-electron chi connectivity index (χ3n) is 5.40. The van der Waals surface area contributed by atoms with E-state index in [1.54, 1.807) is 16.8 Å². The molecule has 2 N–H and O–H groups in total. The number of hydrogen-bond donors (Lipinski definition) is 2. The minimum atomic E-state index is -0.239. The highest BCUT2D eigenvalue weighted by atomic mass is 19.1. The molecule has 1 aromatic carbocycles. The number of aryl methyl sites for hydroxylation is 2. The maximum Gasteiger partial charge on any atom is 0.148 e. The summed E-state index contributed by atoms with van der Waals surface area (Å²) in [5.41, 5.74) is 6.30. The van der Waals surface area contributed by atoms with Crippen molar-refractivity contribution in [3.63, 3.8) is 0 Å². The Morgan fingerprint density at radius 1 is 1.28 bits per heavy atom. The Bertz CT molecular complexity index is 1260. The quantitative estimate of drug-likeness (QED) is 0.397. The van der Waals surface area contributed by atoms with Crippen LogP contribution < -0.4 is 5.32 Å². The fraction of sp³-hybridized carbons (Fsp3) is 0.208. The van der Waals surface area contributed by atoms with Gasteiger partial charge < -0.3 is 10.3 Å². The van der Waals surface area contributed by atoms with Gasteiger partial charge in [-0.1, -0.05) is 12.1 Å². The molecule has 164 valence electrons. The number of hydrogen-bond acceptors (Lipinski definition) is 4. The first kappa shape index (κ1) is 21.3. The maximum atomic E-state index is 13.1. The molecule has 0 atom stereocenters. The second-order valence-electron chi connectivity index (χ2n) is 7.77. The molecular weight excluding hydrogens is 405 g/mol. The number of aromatic nitrogens is 5. The van der Waals surface area contributed by atoms with Gasteiger partial charge in [-0.2, -0.15) is 10.2 Å². The lowest BCUT2D eigenvalue weighted by Gasteiger charge is -2.04. The molecular formula is C24H26FN7. The van der Waals surface area contributed by atoms with Crippen molar-refractivity contribution in [1.29, 1.82) is 0 Å². The third kappa shape index (κ3) is 4.69. The highest BCUT2D eigenvalue weighted by molar-refractivity contribution is 5.84. The van der Waals surface area contributed by atoms with Gasteiger partial charge in [-0.3, -0.25) is 9.36 Å². The van der Waals surface area contributed by atoms with Crippen LogP contribution in [-0.4, -0.2) is 31.3 Å². The van der Waals surface area contributed by atoms with Gasteiger partial charge in [0.15, 0.2) is 0 Å². The summed E-state index contributed by atoms with van der Waals surface area (Å²) in [6, 6.07) is 8.47. The number of allylic oxidation sites excluding steroid dienone is 1. The van der Waals surface area contributed by atoms with E-state index in [0.29, 0.717) is 13.0 Å². The van der Waals surface area contributed by atoms with Crippen LogP contribution in [0.1, 0.15) is 34.9 Å². The van der Waals surface area contributed by atoms with Gasteiger partial charge in [-0.05, 0) is 48.6 Å². The number of H-pyrrole nitrogens is 1. The molecule has 0 amide bonds. The Kier molecular flexibility index (Phi) is 6.02. The van der Waals surface area contributed by atoms with Crippen LogP contribution in [-0.2, 0) is 27.1 Å². The largest absolute Gasteiger partial charge is 0.365 e. The highest BCUT2D eigenvalue weighted by Crippen LogP contribution is 2.29. The highest BCUT2D eigenvalue weighted by Gasteiger charge is 2.13. The summed E-state index contributed by atoms with van der Waals surface area (Å²) in [5, 5.41) is 12.1. The van der Waals surface area contributed by atoms with Crippen molar-refractivity contribution in [1.82, 2.24) is 24.5 Å².